The quantitative estimate of drug-likeness (QED) is 0.434. The lowest BCUT2D eigenvalue weighted by molar-refractivity contribution is -0.115. The van der Waals surface area contributed by atoms with E-state index in [2.05, 4.69) is 0 Å². The molecule has 0 spiro atoms. The summed E-state index contributed by atoms with van der Waals surface area (Å²) in [5.74, 6) is 0.159. The van der Waals surface area contributed by atoms with Crippen molar-refractivity contribution in [3.8, 4) is 0 Å². The number of rotatable bonds is 3. The molecular formula is C12H14O3. The standard InChI is InChI=1S/C12H14O3/c13-9-12(6-2-1-3-7-12)11(14)10-5-4-8-15-10/h4-5,8-9H,1-3,6-7H2. The highest BCUT2D eigenvalue weighted by molar-refractivity contribution is 6.07. The Bertz CT molecular complexity index is 345. The Hall–Kier alpha value is -1.38. The summed E-state index contributed by atoms with van der Waals surface area (Å²) >= 11 is 0. The van der Waals surface area contributed by atoms with Gasteiger partial charge in [-0.15, -0.1) is 0 Å². The van der Waals surface area contributed by atoms with E-state index in [4.69, 9.17) is 4.42 Å². The van der Waals surface area contributed by atoms with Crippen LogP contribution in [0.25, 0.3) is 0 Å². The van der Waals surface area contributed by atoms with Crippen LogP contribution in [0.1, 0.15) is 42.7 Å². The summed E-state index contributed by atoms with van der Waals surface area (Å²) < 4.78 is 5.07. The topological polar surface area (TPSA) is 47.3 Å². The SMILES string of the molecule is O=CC1(C(=O)c2ccco2)CCCCC1. The van der Waals surface area contributed by atoms with Gasteiger partial charge in [0, 0.05) is 0 Å². The van der Waals surface area contributed by atoms with Crippen molar-refractivity contribution < 1.29 is 14.0 Å². The summed E-state index contributed by atoms with van der Waals surface area (Å²) in [4.78, 5) is 23.2. The summed E-state index contributed by atoms with van der Waals surface area (Å²) in [6.45, 7) is 0. The maximum absolute atomic E-state index is 12.1. The maximum atomic E-state index is 12.1. The van der Waals surface area contributed by atoms with Gasteiger partial charge in [0.15, 0.2) is 5.76 Å². The number of carbonyl (C=O) groups excluding carboxylic acids is 2. The van der Waals surface area contributed by atoms with Crippen LogP contribution in [0.2, 0.25) is 0 Å². The molecular weight excluding hydrogens is 192 g/mol. The second-order valence-electron chi connectivity index (χ2n) is 4.14. The van der Waals surface area contributed by atoms with Crippen LogP contribution in [0.4, 0.5) is 0 Å². The second-order valence-corrected chi connectivity index (χ2v) is 4.14. The lowest BCUT2D eigenvalue weighted by atomic mass is 9.71. The fourth-order valence-electron chi connectivity index (χ4n) is 2.23. The predicted octanol–water partition coefficient (Wildman–Crippen LogP) is 2.61. The van der Waals surface area contributed by atoms with E-state index < -0.39 is 5.41 Å². The molecule has 0 bridgehead atoms. The molecule has 1 fully saturated rings. The van der Waals surface area contributed by atoms with E-state index in [1.54, 1.807) is 12.1 Å². The van der Waals surface area contributed by atoms with E-state index in [1.165, 1.54) is 6.26 Å². The van der Waals surface area contributed by atoms with Crippen molar-refractivity contribution in [1.82, 2.24) is 0 Å². The Balaban J connectivity index is 2.26. The molecule has 0 aromatic carbocycles. The minimum absolute atomic E-state index is 0.151. The normalized spacial score (nSPS) is 19.7. The Labute approximate surface area is 88.5 Å². The van der Waals surface area contributed by atoms with Crippen molar-refractivity contribution in [1.29, 1.82) is 0 Å². The van der Waals surface area contributed by atoms with Gasteiger partial charge in [-0.25, -0.2) is 0 Å². The van der Waals surface area contributed by atoms with E-state index in [-0.39, 0.29) is 5.78 Å². The third-order valence-corrected chi connectivity index (χ3v) is 3.17. The van der Waals surface area contributed by atoms with Crippen molar-refractivity contribution in [3.63, 3.8) is 0 Å². The minimum Gasteiger partial charge on any atom is -0.461 e. The second kappa shape index (κ2) is 4.01. The van der Waals surface area contributed by atoms with Crippen LogP contribution < -0.4 is 0 Å². The zero-order chi connectivity index (χ0) is 10.7. The lowest BCUT2D eigenvalue weighted by Crippen LogP contribution is -2.34. The van der Waals surface area contributed by atoms with Crippen LogP contribution in [-0.2, 0) is 4.79 Å². The maximum Gasteiger partial charge on any atom is 0.211 e. The zero-order valence-corrected chi connectivity index (χ0v) is 8.57. The highest BCUT2D eigenvalue weighted by Gasteiger charge is 2.40. The molecule has 0 N–H and O–H groups in total. The fourth-order valence-corrected chi connectivity index (χ4v) is 2.23. The molecule has 1 aliphatic rings. The summed E-state index contributed by atoms with van der Waals surface area (Å²) in [7, 11) is 0. The van der Waals surface area contributed by atoms with Gasteiger partial charge in [0.2, 0.25) is 5.78 Å². The first-order valence-electron chi connectivity index (χ1n) is 5.33. The van der Waals surface area contributed by atoms with E-state index >= 15 is 0 Å². The Kier molecular flexibility index (Phi) is 2.71. The van der Waals surface area contributed by atoms with Gasteiger partial charge in [0.05, 0.1) is 11.7 Å². The number of furan rings is 1. The minimum atomic E-state index is -0.809. The van der Waals surface area contributed by atoms with Crippen molar-refractivity contribution in [2.75, 3.05) is 0 Å². The first-order valence-corrected chi connectivity index (χ1v) is 5.33. The smallest absolute Gasteiger partial charge is 0.211 e. The van der Waals surface area contributed by atoms with E-state index in [0.29, 0.717) is 18.6 Å². The number of ketones is 1. The number of hydrogen-bond donors (Lipinski definition) is 0. The van der Waals surface area contributed by atoms with Crippen LogP contribution in [0.15, 0.2) is 22.8 Å². The third-order valence-electron chi connectivity index (χ3n) is 3.17. The van der Waals surface area contributed by atoms with Gasteiger partial charge in [0.25, 0.3) is 0 Å². The summed E-state index contributed by atoms with van der Waals surface area (Å²) in [6, 6.07) is 3.30. The van der Waals surface area contributed by atoms with Crippen LogP contribution in [0.5, 0.6) is 0 Å². The number of carbonyl (C=O) groups is 2. The summed E-state index contributed by atoms with van der Waals surface area (Å²) in [5, 5.41) is 0. The molecule has 1 aliphatic carbocycles. The molecule has 0 unspecified atom stereocenters. The predicted molar refractivity (Wildman–Crippen MR) is 54.6 cm³/mol. The van der Waals surface area contributed by atoms with Gasteiger partial charge in [-0.3, -0.25) is 4.79 Å². The lowest BCUT2D eigenvalue weighted by Gasteiger charge is -2.29. The number of Topliss-reactive ketones (excluding diaryl/α,β-unsaturated/α-hetero) is 1. The van der Waals surface area contributed by atoms with Gasteiger partial charge < -0.3 is 9.21 Å². The van der Waals surface area contributed by atoms with E-state index in [9.17, 15) is 9.59 Å². The molecule has 15 heavy (non-hydrogen) atoms. The third kappa shape index (κ3) is 1.74. The van der Waals surface area contributed by atoms with Gasteiger partial charge in [-0.1, -0.05) is 19.3 Å². The average Bonchev–Trinajstić information content (AvgIpc) is 2.82. The van der Waals surface area contributed by atoms with Gasteiger partial charge in [-0.2, -0.15) is 0 Å². The van der Waals surface area contributed by atoms with Crippen LogP contribution in [-0.4, -0.2) is 12.1 Å². The average molecular weight is 206 g/mol. The van der Waals surface area contributed by atoms with Crippen LogP contribution in [0, 0.1) is 5.41 Å². The van der Waals surface area contributed by atoms with Gasteiger partial charge in [-0.05, 0) is 25.0 Å². The van der Waals surface area contributed by atoms with Crippen LogP contribution in [0.3, 0.4) is 0 Å². The molecule has 1 saturated carbocycles. The zero-order valence-electron chi connectivity index (χ0n) is 8.57. The van der Waals surface area contributed by atoms with Crippen molar-refractivity contribution >= 4 is 12.1 Å². The molecule has 80 valence electrons. The molecule has 2 rings (SSSR count). The Morgan fingerprint density at radius 1 is 1.33 bits per heavy atom. The van der Waals surface area contributed by atoms with Crippen molar-refractivity contribution in [2.24, 2.45) is 5.41 Å². The molecule has 3 heteroatoms. The fraction of sp³-hybridized carbons (Fsp3) is 0.500. The van der Waals surface area contributed by atoms with Crippen molar-refractivity contribution in [2.45, 2.75) is 32.1 Å². The first-order chi connectivity index (χ1) is 7.28. The molecule has 0 atom stereocenters. The van der Waals surface area contributed by atoms with E-state index in [0.717, 1.165) is 25.5 Å². The molecule has 3 nitrogen and oxygen atoms in total. The monoisotopic (exact) mass is 206 g/mol. The molecule has 0 saturated heterocycles. The molecule has 0 aliphatic heterocycles. The van der Waals surface area contributed by atoms with Gasteiger partial charge in [0.1, 0.15) is 6.29 Å². The Morgan fingerprint density at radius 3 is 2.60 bits per heavy atom. The Morgan fingerprint density at radius 2 is 2.07 bits per heavy atom. The molecule has 0 amide bonds. The molecule has 1 aromatic rings. The summed E-state index contributed by atoms with van der Waals surface area (Å²) in [5.41, 5.74) is -0.809. The highest BCUT2D eigenvalue weighted by atomic mass is 16.3. The molecule has 1 aromatic heterocycles. The van der Waals surface area contributed by atoms with Crippen molar-refractivity contribution in [3.05, 3.63) is 24.2 Å². The molecule has 0 radical (unpaired) electrons. The molecule has 1 heterocycles. The van der Waals surface area contributed by atoms with Gasteiger partial charge >= 0.3 is 0 Å². The van der Waals surface area contributed by atoms with Crippen LogP contribution >= 0.6 is 0 Å². The first kappa shape index (κ1) is 10.1. The highest BCUT2D eigenvalue weighted by Crippen LogP contribution is 2.37. The summed E-state index contributed by atoms with van der Waals surface area (Å²) in [6.07, 6.45) is 6.62. The number of hydrogen-bond acceptors (Lipinski definition) is 3. The number of aldehydes is 1. The largest absolute Gasteiger partial charge is 0.461 e. The van der Waals surface area contributed by atoms with E-state index in [1.807, 2.05) is 0 Å².